The summed E-state index contributed by atoms with van der Waals surface area (Å²) in [5, 5.41) is 18.7. The van der Waals surface area contributed by atoms with Gasteiger partial charge in [-0.25, -0.2) is 17.5 Å². The Bertz CT molecular complexity index is 717. The summed E-state index contributed by atoms with van der Waals surface area (Å²) in [7, 11) is -3.79. The predicted octanol–water partition coefficient (Wildman–Crippen LogP) is 2.05. The van der Waals surface area contributed by atoms with Gasteiger partial charge < -0.3 is 10.2 Å². The number of carboxylic acid groups (broad SMARTS) is 1. The average Bonchev–Trinajstić information content (AvgIpc) is 2.87. The van der Waals surface area contributed by atoms with E-state index in [-0.39, 0.29) is 17.2 Å². The maximum absolute atomic E-state index is 13.0. The van der Waals surface area contributed by atoms with E-state index in [0.717, 1.165) is 12.1 Å². The molecule has 138 valence electrons. The second-order valence-corrected chi connectivity index (χ2v) is 7.84. The first-order chi connectivity index (χ1) is 11.8. The van der Waals surface area contributed by atoms with Crippen LogP contribution >= 0.6 is 0 Å². The van der Waals surface area contributed by atoms with Crippen molar-refractivity contribution >= 4 is 16.0 Å². The van der Waals surface area contributed by atoms with Gasteiger partial charge in [0.1, 0.15) is 5.82 Å². The number of hydrogen-bond donors (Lipinski definition) is 3. The summed E-state index contributed by atoms with van der Waals surface area (Å²) >= 11 is 0. The van der Waals surface area contributed by atoms with E-state index in [4.69, 9.17) is 5.11 Å². The van der Waals surface area contributed by atoms with Crippen LogP contribution in [0.2, 0.25) is 0 Å². The van der Waals surface area contributed by atoms with Crippen LogP contribution in [0.4, 0.5) is 4.39 Å². The van der Waals surface area contributed by atoms with E-state index in [1.54, 1.807) is 12.2 Å². The molecule has 1 fully saturated rings. The van der Waals surface area contributed by atoms with Crippen molar-refractivity contribution in [2.75, 3.05) is 0 Å². The van der Waals surface area contributed by atoms with Gasteiger partial charge in [0.2, 0.25) is 10.0 Å². The van der Waals surface area contributed by atoms with Crippen molar-refractivity contribution in [2.24, 2.45) is 5.92 Å². The van der Waals surface area contributed by atoms with Crippen LogP contribution in [0.5, 0.6) is 0 Å². The molecule has 0 spiro atoms. The van der Waals surface area contributed by atoms with Crippen molar-refractivity contribution in [3.05, 3.63) is 42.2 Å². The minimum atomic E-state index is -3.79. The van der Waals surface area contributed by atoms with Crippen LogP contribution in [0.15, 0.2) is 41.3 Å². The molecule has 0 unspecified atom stereocenters. The molecule has 3 N–H and O–H groups in total. The van der Waals surface area contributed by atoms with Crippen molar-refractivity contribution in [1.82, 2.24) is 4.72 Å². The molecule has 2 rings (SSSR count). The molecule has 0 bridgehead atoms. The third-order valence-corrected chi connectivity index (χ3v) is 5.82. The number of carboxylic acids is 1. The van der Waals surface area contributed by atoms with Gasteiger partial charge in [-0.05, 0) is 49.9 Å². The molecule has 1 saturated carbocycles. The van der Waals surface area contributed by atoms with Crippen LogP contribution in [0.1, 0.15) is 32.1 Å². The topological polar surface area (TPSA) is 104 Å². The van der Waals surface area contributed by atoms with Crippen LogP contribution in [0.25, 0.3) is 0 Å². The first-order valence-electron chi connectivity index (χ1n) is 8.12. The standard InChI is InChI=1S/C17H22FNO5S/c18-12-6-8-13(9-7-12)25(23,24)19-15-10-11-16(20)14(15)4-2-1-3-5-17(21)22/h1-2,6-9,14-16,19-20H,3-5,10-11H2,(H,21,22)/b2-1-/t14-,15+,16+/m1/s1. The van der Waals surface area contributed by atoms with Crippen molar-refractivity contribution in [3.63, 3.8) is 0 Å². The zero-order valence-corrected chi connectivity index (χ0v) is 14.5. The largest absolute Gasteiger partial charge is 0.481 e. The van der Waals surface area contributed by atoms with Gasteiger partial charge in [0.15, 0.2) is 0 Å². The third kappa shape index (κ3) is 5.62. The molecule has 3 atom stereocenters. The first kappa shape index (κ1) is 19.6. The maximum atomic E-state index is 13.0. The highest BCUT2D eigenvalue weighted by Gasteiger charge is 2.36. The van der Waals surface area contributed by atoms with Gasteiger partial charge in [-0.2, -0.15) is 0 Å². The molecule has 6 nitrogen and oxygen atoms in total. The van der Waals surface area contributed by atoms with Crippen molar-refractivity contribution < 1.29 is 27.8 Å². The van der Waals surface area contributed by atoms with Crippen LogP contribution in [-0.2, 0) is 14.8 Å². The van der Waals surface area contributed by atoms with Crippen LogP contribution in [-0.4, -0.2) is 36.7 Å². The Morgan fingerprint density at radius 1 is 1.24 bits per heavy atom. The van der Waals surface area contributed by atoms with Gasteiger partial charge in [0, 0.05) is 18.4 Å². The Morgan fingerprint density at radius 3 is 2.56 bits per heavy atom. The number of aliphatic hydroxyl groups excluding tert-OH is 1. The highest BCUT2D eigenvalue weighted by Crippen LogP contribution is 2.30. The van der Waals surface area contributed by atoms with Gasteiger partial charge in [0.25, 0.3) is 0 Å². The highest BCUT2D eigenvalue weighted by molar-refractivity contribution is 7.89. The molecule has 8 heteroatoms. The predicted molar refractivity (Wildman–Crippen MR) is 89.9 cm³/mol. The van der Waals surface area contributed by atoms with E-state index in [2.05, 4.69) is 4.72 Å². The molecule has 1 aliphatic carbocycles. The second kappa shape index (κ2) is 8.55. The fourth-order valence-corrected chi connectivity index (χ4v) is 4.30. The molecule has 0 saturated heterocycles. The summed E-state index contributed by atoms with van der Waals surface area (Å²) in [4.78, 5) is 10.4. The van der Waals surface area contributed by atoms with Gasteiger partial charge in [-0.15, -0.1) is 0 Å². The van der Waals surface area contributed by atoms with Crippen LogP contribution < -0.4 is 4.72 Å². The van der Waals surface area contributed by atoms with Crippen molar-refractivity contribution in [1.29, 1.82) is 0 Å². The quantitative estimate of drug-likeness (QED) is 0.607. The number of benzene rings is 1. The van der Waals surface area contributed by atoms with E-state index < -0.39 is 34.0 Å². The molecule has 0 aliphatic heterocycles. The molecule has 1 aliphatic rings. The fraction of sp³-hybridized carbons (Fsp3) is 0.471. The Kier molecular flexibility index (Phi) is 6.69. The Morgan fingerprint density at radius 2 is 1.92 bits per heavy atom. The zero-order chi connectivity index (χ0) is 18.4. The number of hydrogen-bond acceptors (Lipinski definition) is 4. The van der Waals surface area contributed by atoms with Gasteiger partial charge in [0.05, 0.1) is 11.0 Å². The zero-order valence-electron chi connectivity index (χ0n) is 13.6. The summed E-state index contributed by atoms with van der Waals surface area (Å²) in [6.07, 6.45) is 4.77. The highest BCUT2D eigenvalue weighted by atomic mass is 32.2. The van der Waals surface area contributed by atoms with E-state index in [9.17, 15) is 22.7 Å². The SMILES string of the molecule is O=C(O)CC/C=C\C[C@@H]1[C@@H](NS(=O)(=O)c2ccc(F)cc2)CC[C@@H]1O. The number of carbonyl (C=O) groups is 1. The lowest BCUT2D eigenvalue weighted by Crippen LogP contribution is -2.39. The fourth-order valence-electron chi connectivity index (χ4n) is 2.97. The van der Waals surface area contributed by atoms with E-state index in [1.165, 1.54) is 12.1 Å². The number of aliphatic hydroxyl groups is 1. The Labute approximate surface area is 146 Å². The smallest absolute Gasteiger partial charge is 0.303 e. The molecule has 1 aromatic carbocycles. The number of aliphatic carboxylic acids is 1. The molecular formula is C17H22FNO5S. The monoisotopic (exact) mass is 371 g/mol. The number of allylic oxidation sites excluding steroid dienone is 2. The van der Waals surface area contributed by atoms with Gasteiger partial charge in [-0.1, -0.05) is 12.2 Å². The van der Waals surface area contributed by atoms with Crippen LogP contribution in [0, 0.1) is 11.7 Å². The Balaban J connectivity index is 1.99. The van der Waals surface area contributed by atoms with Gasteiger partial charge in [-0.3, -0.25) is 4.79 Å². The van der Waals surface area contributed by atoms with E-state index in [0.29, 0.717) is 25.7 Å². The molecule has 0 amide bonds. The summed E-state index contributed by atoms with van der Waals surface area (Å²) in [5.41, 5.74) is 0. The molecule has 0 heterocycles. The summed E-state index contributed by atoms with van der Waals surface area (Å²) in [6.45, 7) is 0. The maximum Gasteiger partial charge on any atom is 0.303 e. The summed E-state index contributed by atoms with van der Waals surface area (Å²) < 4.78 is 40.4. The van der Waals surface area contributed by atoms with Gasteiger partial charge >= 0.3 is 5.97 Å². The average molecular weight is 371 g/mol. The number of rotatable bonds is 8. The number of sulfonamides is 1. The Hall–Kier alpha value is -1.77. The van der Waals surface area contributed by atoms with Crippen molar-refractivity contribution in [2.45, 2.75) is 49.1 Å². The molecule has 25 heavy (non-hydrogen) atoms. The first-order valence-corrected chi connectivity index (χ1v) is 9.60. The summed E-state index contributed by atoms with van der Waals surface area (Å²) in [5.74, 6) is -1.67. The molecular weight excluding hydrogens is 349 g/mol. The minimum absolute atomic E-state index is 0.0222. The van der Waals surface area contributed by atoms with E-state index in [1.807, 2.05) is 0 Å². The third-order valence-electron chi connectivity index (χ3n) is 4.31. The number of halogens is 1. The molecule has 0 radical (unpaired) electrons. The van der Waals surface area contributed by atoms with Crippen LogP contribution in [0.3, 0.4) is 0 Å². The second-order valence-electron chi connectivity index (χ2n) is 6.13. The van der Waals surface area contributed by atoms with E-state index >= 15 is 0 Å². The number of nitrogens with one attached hydrogen (secondary N) is 1. The lowest BCUT2D eigenvalue weighted by atomic mass is 9.98. The lowest BCUT2D eigenvalue weighted by molar-refractivity contribution is -0.136. The minimum Gasteiger partial charge on any atom is -0.481 e. The summed E-state index contributed by atoms with van der Waals surface area (Å²) in [6, 6.07) is 4.14. The lowest BCUT2D eigenvalue weighted by Gasteiger charge is -2.22. The molecule has 0 aromatic heterocycles. The normalized spacial score (nSPS) is 24.0. The molecule has 1 aromatic rings. The van der Waals surface area contributed by atoms with Crippen molar-refractivity contribution in [3.8, 4) is 0 Å².